The van der Waals surface area contributed by atoms with Crippen LogP contribution in [-0.2, 0) is 16.6 Å². The predicted molar refractivity (Wildman–Crippen MR) is 119 cm³/mol. The third-order valence-corrected chi connectivity index (χ3v) is 6.23. The first-order valence-electron chi connectivity index (χ1n) is 10.1. The van der Waals surface area contributed by atoms with Crippen molar-refractivity contribution in [2.75, 3.05) is 18.7 Å². The van der Waals surface area contributed by atoms with Gasteiger partial charge in [-0.3, -0.25) is 4.79 Å². The summed E-state index contributed by atoms with van der Waals surface area (Å²) in [4.78, 5) is 12.5. The highest BCUT2D eigenvalue weighted by molar-refractivity contribution is 7.89. The zero-order chi connectivity index (χ0) is 23.4. The van der Waals surface area contributed by atoms with Gasteiger partial charge in [0.15, 0.2) is 11.5 Å². The van der Waals surface area contributed by atoms with Crippen LogP contribution in [0.25, 0.3) is 0 Å². The molecule has 172 valence electrons. The fourth-order valence-electron chi connectivity index (χ4n) is 3.20. The number of nitrogens with one attached hydrogen (secondary N) is 2. The molecule has 0 saturated heterocycles. The zero-order valence-corrected chi connectivity index (χ0v) is 18.4. The molecule has 3 aromatic carbocycles. The number of halogens is 1. The van der Waals surface area contributed by atoms with Crippen molar-refractivity contribution in [1.29, 1.82) is 0 Å². The largest absolute Gasteiger partial charge is 0.492 e. The minimum atomic E-state index is -3.94. The van der Waals surface area contributed by atoms with Crippen molar-refractivity contribution >= 4 is 21.6 Å². The highest BCUT2D eigenvalue weighted by Crippen LogP contribution is 2.33. The van der Waals surface area contributed by atoms with E-state index >= 15 is 0 Å². The van der Waals surface area contributed by atoms with E-state index in [9.17, 15) is 17.6 Å². The quantitative estimate of drug-likeness (QED) is 0.519. The Morgan fingerprint density at radius 1 is 1.06 bits per heavy atom. The first kappa shape index (κ1) is 22.6. The van der Waals surface area contributed by atoms with Crippen LogP contribution in [0.4, 0.5) is 10.1 Å². The summed E-state index contributed by atoms with van der Waals surface area (Å²) in [5.41, 5.74) is 0.618. The molecule has 0 aliphatic carbocycles. The maximum absolute atomic E-state index is 14.0. The number of carbonyl (C=O) groups excluding carboxylic acids is 1. The van der Waals surface area contributed by atoms with E-state index in [1.165, 1.54) is 42.5 Å². The minimum Gasteiger partial charge on any atom is -0.492 e. The number of benzene rings is 3. The van der Waals surface area contributed by atoms with E-state index in [0.29, 0.717) is 17.1 Å². The van der Waals surface area contributed by atoms with Gasteiger partial charge >= 0.3 is 0 Å². The highest BCUT2D eigenvalue weighted by Gasteiger charge is 2.20. The molecule has 0 fully saturated rings. The van der Waals surface area contributed by atoms with Gasteiger partial charge in [-0.1, -0.05) is 18.2 Å². The molecule has 0 unspecified atom stereocenters. The van der Waals surface area contributed by atoms with Crippen molar-refractivity contribution in [3.8, 4) is 17.2 Å². The molecule has 1 heterocycles. The summed E-state index contributed by atoms with van der Waals surface area (Å²) in [6, 6.07) is 14.7. The number of ether oxygens (including phenoxy) is 3. The van der Waals surface area contributed by atoms with Gasteiger partial charge in [-0.2, -0.15) is 0 Å². The fourth-order valence-corrected chi connectivity index (χ4v) is 4.25. The molecule has 10 heteroatoms. The molecular formula is C23H21FN2O6S. The summed E-state index contributed by atoms with van der Waals surface area (Å²) in [5.74, 6) is -0.00905. The second-order valence-corrected chi connectivity index (χ2v) is 8.80. The monoisotopic (exact) mass is 472 g/mol. The van der Waals surface area contributed by atoms with Gasteiger partial charge in [0.05, 0.1) is 22.8 Å². The number of amides is 1. The zero-order valence-electron chi connectivity index (χ0n) is 17.6. The summed E-state index contributed by atoms with van der Waals surface area (Å²) in [5, 5.41) is 2.54. The number of sulfonamides is 1. The van der Waals surface area contributed by atoms with Gasteiger partial charge < -0.3 is 19.5 Å². The van der Waals surface area contributed by atoms with E-state index in [-0.39, 0.29) is 41.8 Å². The second-order valence-electron chi connectivity index (χ2n) is 7.04. The Kier molecular flexibility index (Phi) is 6.47. The van der Waals surface area contributed by atoms with Crippen LogP contribution in [0.5, 0.6) is 17.2 Å². The Hall–Kier alpha value is -3.63. The van der Waals surface area contributed by atoms with Crippen LogP contribution in [0.1, 0.15) is 22.8 Å². The molecule has 1 aliphatic rings. The molecule has 0 radical (unpaired) electrons. The summed E-state index contributed by atoms with van der Waals surface area (Å²) in [7, 11) is -3.94. The maximum atomic E-state index is 14.0. The molecule has 0 spiro atoms. The molecule has 8 nitrogen and oxygen atoms in total. The average molecular weight is 472 g/mol. The van der Waals surface area contributed by atoms with Gasteiger partial charge in [0.2, 0.25) is 16.8 Å². The SMILES string of the molecule is CCOc1ccc(S(=O)(=O)NCc2ccc3c(c2)OCO3)cc1NC(=O)c1ccccc1F. The van der Waals surface area contributed by atoms with E-state index < -0.39 is 21.7 Å². The number of anilines is 1. The van der Waals surface area contributed by atoms with Crippen LogP contribution in [-0.4, -0.2) is 27.7 Å². The number of carbonyl (C=O) groups is 1. The van der Waals surface area contributed by atoms with Crippen LogP contribution in [0.2, 0.25) is 0 Å². The van der Waals surface area contributed by atoms with Crippen molar-refractivity contribution in [2.24, 2.45) is 0 Å². The lowest BCUT2D eigenvalue weighted by molar-refractivity contribution is 0.102. The molecule has 0 aromatic heterocycles. The smallest absolute Gasteiger partial charge is 0.258 e. The van der Waals surface area contributed by atoms with Crippen LogP contribution >= 0.6 is 0 Å². The Morgan fingerprint density at radius 3 is 2.64 bits per heavy atom. The Balaban J connectivity index is 1.55. The third kappa shape index (κ3) is 5.07. The normalized spacial score (nSPS) is 12.4. The minimum absolute atomic E-state index is 0.0170. The number of hydrogen-bond acceptors (Lipinski definition) is 6. The molecule has 0 bridgehead atoms. The van der Waals surface area contributed by atoms with Crippen molar-refractivity contribution in [1.82, 2.24) is 4.72 Å². The fraction of sp³-hybridized carbons (Fsp3) is 0.174. The van der Waals surface area contributed by atoms with Crippen LogP contribution < -0.4 is 24.2 Å². The Labute approximate surface area is 190 Å². The lowest BCUT2D eigenvalue weighted by Gasteiger charge is -2.14. The van der Waals surface area contributed by atoms with E-state index in [4.69, 9.17) is 14.2 Å². The lowest BCUT2D eigenvalue weighted by Crippen LogP contribution is -2.23. The topological polar surface area (TPSA) is 103 Å². The number of rotatable bonds is 8. The molecule has 1 aliphatic heterocycles. The molecule has 0 saturated carbocycles. The Morgan fingerprint density at radius 2 is 1.85 bits per heavy atom. The molecule has 4 rings (SSSR count). The second kappa shape index (κ2) is 9.47. The maximum Gasteiger partial charge on any atom is 0.258 e. The van der Waals surface area contributed by atoms with Crippen molar-refractivity contribution in [2.45, 2.75) is 18.4 Å². The van der Waals surface area contributed by atoms with Gasteiger partial charge in [-0.05, 0) is 55.0 Å². The number of hydrogen-bond donors (Lipinski definition) is 2. The summed E-state index contributed by atoms with van der Waals surface area (Å²) >= 11 is 0. The third-order valence-electron chi connectivity index (χ3n) is 4.83. The summed E-state index contributed by atoms with van der Waals surface area (Å²) < 4.78 is 58.3. The molecular weight excluding hydrogens is 451 g/mol. The van der Waals surface area contributed by atoms with Crippen molar-refractivity contribution in [3.63, 3.8) is 0 Å². The van der Waals surface area contributed by atoms with E-state index in [0.717, 1.165) is 0 Å². The first-order valence-corrected chi connectivity index (χ1v) is 11.6. The Bertz CT molecular complexity index is 1300. The standard InChI is InChI=1S/C23H21FN2O6S/c1-2-30-20-10-8-16(12-19(20)26-23(27)17-5-3-4-6-18(17)24)33(28,29)25-13-15-7-9-21-22(11-15)32-14-31-21/h3-12,25H,2,13-14H2,1H3,(H,26,27). The van der Waals surface area contributed by atoms with Gasteiger partial charge in [0, 0.05) is 6.54 Å². The summed E-state index contributed by atoms with van der Waals surface area (Å²) in [6.45, 7) is 2.18. The van der Waals surface area contributed by atoms with Gasteiger partial charge in [-0.25, -0.2) is 17.5 Å². The molecule has 33 heavy (non-hydrogen) atoms. The summed E-state index contributed by atoms with van der Waals surface area (Å²) in [6.07, 6.45) is 0. The molecule has 3 aromatic rings. The van der Waals surface area contributed by atoms with Crippen LogP contribution in [0.3, 0.4) is 0 Å². The van der Waals surface area contributed by atoms with Gasteiger partial charge in [0.25, 0.3) is 5.91 Å². The van der Waals surface area contributed by atoms with Crippen LogP contribution in [0, 0.1) is 5.82 Å². The molecule has 2 N–H and O–H groups in total. The predicted octanol–water partition coefficient (Wildman–Crippen LogP) is 3.68. The van der Waals surface area contributed by atoms with Gasteiger partial charge in [-0.15, -0.1) is 0 Å². The highest BCUT2D eigenvalue weighted by atomic mass is 32.2. The first-order chi connectivity index (χ1) is 15.9. The van der Waals surface area contributed by atoms with Crippen molar-refractivity contribution in [3.05, 3.63) is 77.6 Å². The van der Waals surface area contributed by atoms with Crippen LogP contribution in [0.15, 0.2) is 65.6 Å². The molecule has 0 atom stereocenters. The lowest BCUT2D eigenvalue weighted by atomic mass is 10.2. The van der Waals surface area contributed by atoms with Gasteiger partial charge in [0.1, 0.15) is 11.6 Å². The van der Waals surface area contributed by atoms with E-state index in [1.807, 2.05) is 0 Å². The van der Waals surface area contributed by atoms with E-state index in [1.54, 1.807) is 25.1 Å². The van der Waals surface area contributed by atoms with Crippen molar-refractivity contribution < 1.29 is 31.8 Å². The average Bonchev–Trinajstić information content (AvgIpc) is 3.27. The molecule has 1 amide bonds. The van der Waals surface area contributed by atoms with E-state index in [2.05, 4.69) is 10.0 Å². The number of fused-ring (bicyclic) bond motifs is 1.